The number of benzene rings is 2. The number of nitrogens with one attached hydrogen (secondary N) is 1. The second kappa shape index (κ2) is 9.18. The van der Waals surface area contributed by atoms with E-state index in [1.54, 1.807) is 30.3 Å². The SMILES string of the molecule is O=C(NC(Cc1ccccc1)(c1cccc(C(F)(F)F)c1)c1ncc(C(F)(F)F)cc1Cl)C1CC1. The number of hydrogen-bond acceptors (Lipinski definition) is 2. The van der Waals surface area contributed by atoms with Gasteiger partial charge in [-0.05, 0) is 42.2 Å². The van der Waals surface area contributed by atoms with Gasteiger partial charge in [0.25, 0.3) is 0 Å². The van der Waals surface area contributed by atoms with Gasteiger partial charge in [0.15, 0.2) is 0 Å². The zero-order valence-electron chi connectivity index (χ0n) is 18.1. The average Bonchev–Trinajstić information content (AvgIpc) is 3.64. The summed E-state index contributed by atoms with van der Waals surface area (Å²) in [6, 6.07) is 13.5. The van der Waals surface area contributed by atoms with Gasteiger partial charge in [-0.3, -0.25) is 9.78 Å². The van der Waals surface area contributed by atoms with Gasteiger partial charge in [-0.15, -0.1) is 0 Å². The lowest BCUT2D eigenvalue weighted by molar-refractivity contribution is -0.138. The van der Waals surface area contributed by atoms with Crippen molar-refractivity contribution in [2.24, 2.45) is 5.92 Å². The van der Waals surface area contributed by atoms with Crippen LogP contribution in [0, 0.1) is 5.92 Å². The molecule has 3 nitrogen and oxygen atoms in total. The summed E-state index contributed by atoms with van der Waals surface area (Å²) in [4.78, 5) is 17.0. The lowest BCUT2D eigenvalue weighted by Crippen LogP contribution is -2.50. The number of rotatable bonds is 6. The number of nitrogens with zero attached hydrogens (tertiary/aromatic N) is 1. The van der Waals surface area contributed by atoms with Gasteiger partial charge in [0.05, 0.1) is 21.8 Å². The Kier molecular flexibility index (Phi) is 6.57. The number of halogens is 7. The third-order valence-corrected chi connectivity index (χ3v) is 6.14. The van der Waals surface area contributed by atoms with Gasteiger partial charge in [-0.25, -0.2) is 0 Å². The Morgan fingerprint density at radius 3 is 2.09 bits per heavy atom. The molecule has 0 bridgehead atoms. The number of alkyl halides is 6. The van der Waals surface area contributed by atoms with Crippen LogP contribution in [0.3, 0.4) is 0 Å². The molecule has 1 fully saturated rings. The molecule has 4 rings (SSSR count). The average molecular weight is 513 g/mol. The van der Waals surface area contributed by atoms with E-state index in [9.17, 15) is 31.1 Å². The Morgan fingerprint density at radius 2 is 1.51 bits per heavy atom. The van der Waals surface area contributed by atoms with Crippen LogP contribution in [0.25, 0.3) is 0 Å². The third-order valence-electron chi connectivity index (χ3n) is 5.85. The number of hydrogen-bond donors (Lipinski definition) is 1. The number of carbonyl (C=O) groups excluding carboxylic acids is 1. The molecule has 2 aromatic carbocycles. The molecular formula is C25H19ClF6N2O. The fraction of sp³-hybridized carbons (Fsp3) is 0.280. The molecule has 0 spiro atoms. The quantitative estimate of drug-likeness (QED) is 0.370. The van der Waals surface area contributed by atoms with E-state index in [0.29, 0.717) is 30.7 Å². The van der Waals surface area contributed by atoms with Crippen molar-refractivity contribution in [3.63, 3.8) is 0 Å². The maximum absolute atomic E-state index is 13.6. The summed E-state index contributed by atoms with van der Waals surface area (Å²) in [7, 11) is 0. The summed E-state index contributed by atoms with van der Waals surface area (Å²) in [6.45, 7) is 0. The topological polar surface area (TPSA) is 42.0 Å². The van der Waals surface area contributed by atoms with Gasteiger partial charge in [-0.2, -0.15) is 26.3 Å². The van der Waals surface area contributed by atoms with Crippen molar-refractivity contribution in [3.05, 3.63) is 99.8 Å². The van der Waals surface area contributed by atoms with Crippen LogP contribution in [0.4, 0.5) is 26.3 Å². The summed E-state index contributed by atoms with van der Waals surface area (Å²) in [5.74, 6) is -0.778. The van der Waals surface area contributed by atoms with Gasteiger partial charge in [0.2, 0.25) is 5.91 Å². The molecule has 1 aliphatic carbocycles. The Bertz CT molecular complexity index is 1220. The molecule has 10 heteroatoms. The first-order valence-corrected chi connectivity index (χ1v) is 11.0. The molecule has 1 unspecified atom stereocenters. The molecule has 0 saturated heterocycles. The fourth-order valence-electron chi connectivity index (χ4n) is 3.93. The lowest BCUT2D eigenvalue weighted by Gasteiger charge is -2.36. The van der Waals surface area contributed by atoms with E-state index in [0.717, 1.165) is 12.1 Å². The highest BCUT2D eigenvalue weighted by molar-refractivity contribution is 6.31. The number of aromatic nitrogens is 1. The van der Waals surface area contributed by atoms with Crippen molar-refractivity contribution in [3.8, 4) is 0 Å². The largest absolute Gasteiger partial charge is 0.417 e. The number of pyridine rings is 1. The fourth-order valence-corrected chi connectivity index (χ4v) is 4.25. The number of amides is 1. The summed E-state index contributed by atoms with van der Waals surface area (Å²) in [5, 5.41) is 2.39. The molecule has 1 saturated carbocycles. The van der Waals surface area contributed by atoms with Crippen LogP contribution >= 0.6 is 11.6 Å². The highest BCUT2D eigenvalue weighted by atomic mass is 35.5. The van der Waals surface area contributed by atoms with Crippen LogP contribution in [0.2, 0.25) is 5.02 Å². The molecule has 184 valence electrons. The first-order valence-electron chi connectivity index (χ1n) is 10.7. The van der Waals surface area contributed by atoms with Crippen molar-refractivity contribution < 1.29 is 31.1 Å². The predicted octanol–water partition coefficient (Wildman–Crippen LogP) is 6.79. The van der Waals surface area contributed by atoms with E-state index in [2.05, 4.69) is 10.3 Å². The third kappa shape index (κ3) is 5.45. The van der Waals surface area contributed by atoms with E-state index >= 15 is 0 Å². The highest BCUT2D eigenvalue weighted by Gasteiger charge is 2.44. The van der Waals surface area contributed by atoms with Gasteiger partial charge in [0, 0.05) is 18.5 Å². The minimum atomic E-state index is -4.73. The molecule has 1 heterocycles. The first kappa shape index (κ1) is 25.0. The summed E-state index contributed by atoms with van der Waals surface area (Å²) < 4.78 is 80.6. The van der Waals surface area contributed by atoms with Gasteiger partial charge in [-0.1, -0.05) is 54.1 Å². The molecule has 1 amide bonds. The zero-order valence-corrected chi connectivity index (χ0v) is 18.8. The maximum Gasteiger partial charge on any atom is 0.417 e. The van der Waals surface area contributed by atoms with Crippen LogP contribution < -0.4 is 5.32 Å². The van der Waals surface area contributed by atoms with Gasteiger partial charge < -0.3 is 5.32 Å². The van der Waals surface area contributed by atoms with Gasteiger partial charge in [0.1, 0.15) is 5.54 Å². The Labute approximate surface area is 202 Å². The molecule has 1 aromatic heterocycles. The molecule has 1 N–H and O–H groups in total. The Hall–Kier alpha value is -3.07. The Morgan fingerprint density at radius 1 is 0.886 bits per heavy atom. The van der Waals surface area contributed by atoms with Crippen LogP contribution in [-0.4, -0.2) is 10.9 Å². The van der Waals surface area contributed by atoms with Gasteiger partial charge >= 0.3 is 12.4 Å². The standard InChI is InChI=1S/C25H19ClF6N2O/c26-20-12-19(25(30,31)32)14-33-21(20)23(34-22(35)16-9-10-16,13-15-5-2-1-3-6-15)17-7-4-8-18(11-17)24(27,28)29/h1-8,11-12,14,16H,9-10,13H2,(H,34,35). The summed E-state index contributed by atoms with van der Waals surface area (Å²) in [6.07, 6.45) is -7.74. The number of carbonyl (C=O) groups is 1. The monoisotopic (exact) mass is 512 g/mol. The molecule has 1 atom stereocenters. The highest BCUT2D eigenvalue weighted by Crippen LogP contribution is 2.42. The van der Waals surface area contributed by atoms with Crippen molar-refractivity contribution >= 4 is 17.5 Å². The molecular weight excluding hydrogens is 494 g/mol. The molecule has 35 heavy (non-hydrogen) atoms. The van der Waals surface area contributed by atoms with Crippen molar-refractivity contribution in [1.82, 2.24) is 10.3 Å². The van der Waals surface area contributed by atoms with E-state index in [1.807, 2.05) is 0 Å². The second-order valence-electron chi connectivity index (χ2n) is 8.46. The first-order chi connectivity index (χ1) is 16.4. The smallest absolute Gasteiger partial charge is 0.340 e. The van der Waals surface area contributed by atoms with E-state index in [4.69, 9.17) is 11.6 Å². The zero-order chi connectivity index (χ0) is 25.4. The van der Waals surface area contributed by atoms with Crippen LogP contribution in [0.5, 0.6) is 0 Å². The minimum Gasteiger partial charge on any atom is -0.340 e. The van der Waals surface area contributed by atoms with E-state index < -0.39 is 39.9 Å². The second-order valence-corrected chi connectivity index (χ2v) is 8.87. The van der Waals surface area contributed by atoms with E-state index in [1.165, 1.54) is 12.1 Å². The van der Waals surface area contributed by atoms with Crippen LogP contribution in [0.15, 0.2) is 66.9 Å². The molecule has 0 radical (unpaired) electrons. The molecule has 3 aromatic rings. The van der Waals surface area contributed by atoms with Crippen LogP contribution in [-0.2, 0) is 29.1 Å². The minimum absolute atomic E-state index is 0.000614. The predicted molar refractivity (Wildman–Crippen MR) is 117 cm³/mol. The van der Waals surface area contributed by atoms with Crippen molar-refractivity contribution in [2.75, 3.05) is 0 Å². The summed E-state index contributed by atoms with van der Waals surface area (Å²) >= 11 is 6.31. The molecule has 0 aliphatic heterocycles. The van der Waals surface area contributed by atoms with Crippen LogP contribution in [0.1, 0.15) is 40.8 Å². The molecule has 1 aliphatic rings. The van der Waals surface area contributed by atoms with Crippen molar-refractivity contribution in [2.45, 2.75) is 37.2 Å². The normalized spacial score (nSPS) is 16.0. The van der Waals surface area contributed by atoms with E-state index in [-0.39, 0.29) is 23.6 Å². The summed E-state index contributed by atoms with van der Waals surface area (Å²) in [5.41, 5.74) is -3.42. The lowest BCUT2D eigenvalue weighted by atomic mass is 9.79. The van der Waals surface area contributed by atoms with Crippen molar-refractivity contribution in [1.29, 1.82) is 0 Å². The Balaban J connectivity index is 1.97. The maximum atomic E-state index is 13.6.